The Hall–Kier alpha value is -1.37. The minimum atomic E-state index is -0.697. The maximum atomic E-state index is 13.0. The zero-order valence-electron chi connectivity index (χ0n) is 16.2. The molecule has 0 atom stereocenters. The number of rotatable bonds is 8. The molecule has 0 aromatic rings. The van der Waals surface area contributed by atoms with E-state index < -0.39 is 5.83 Å². The van der Waals surface area contributed by atoms with E-state index in [9.17, 15) is 9.18 Å². The first-order valence-electron chi connectivity index (χ1n) is 10.6. The number of nitriles is 1. The van der Waals surface area contributed by atoms with Crippen LogP contribution in [0.2, 0.25) is 0 Å². The highest BCUT2D eigenvalue weighted by atomic mass is 19.1. The van der Waals surface area contributed by atoms with Crippen LogP contribution in [0.3, 0.4) is 0 Å². The third-order valence-electron chi connectivity index (χ3n) is 6.14. The second-order valence-corrected chi connectivity index (χ2v) is 8.17. The van der Waals surface area contributed by atoms with E-state index in [-0.39, 0.29) is 23.9 Å². The summed E-state index contributed by atoms with van der Waals surface area (Å²) in [6.07, 6.45) is 15.4. The molecule has 0 aromatic carbocycles. The molecule has 2 aliphatic rings. The van der Waals surface area contributed by atoms with Crippen molar-refractivity contribution in [2.75, 3.05) is 0 Å². The zero-order valence-corrected chi connectivity index (χ0v) is 16.2. The molecule has 0 radical (unpaired) electrons. The van der Waals surface area contributed by atoms with Gasteiger partial charge >= 0.3 is 5.97 Å². The van der Waals surface area contributed by atoms with Crippen molar-refractivity contribution in [1.29, 1.82) is 5.26 Å². The topological polar surface area (TPSA) is 50.1 Å². The molecule has 0 spiro atoms. The Balaban J connectivity index is 1.63. The van der Waals surface area contributed by atoms with Crippen LogP contribution >= 0.6 is 0 Å². The lowest BCUT2D eigenvalue weighted by Gasteiger charge is -2.31. The fraction of sp³-hybridized carbons (Fsp3) is 0.818. The molecule has 4 heteroatoms. The van der Waals surface area contributed by atoms with Gasteiger partial charge < -0.3 is 4.74 Å². The Morgan fingerprint density at radius 2 is 1.77 bits per heavy atom. The van der Waals surface area contributed by atoms with E-state index in [0.717, 1.165) is 57.3 Å². The van der Waals surface area contributed by atoms with Gasteiger partial charge in [-0.25, -0.2) is 0 Å². The SMILES string of the molecule is CCCCCCC1CCC(C(=O)OC2CCC(/C=C(/F)C#N)CC2)CC1. The highest BCUT2D eigenvalue weighted by Crippen LogP contribution is 2.34. The molecule has 2 saturated carbocycles. The number of esters is 1. The van der Waals surface area contributed by atoms with Crippen molar-refractivity contribution >= 4 is 5.97 Å². The van der Waals surface area contributed by atoms with E-state index in [1.165, 1.54) is 44.2 Å². The quantitative estimate of drug-likeness (QED) is 0.291. The summed E-state index contributed by atoms with van der Waals surface area (Å²) in [4.78, 5) is 12.4. The largest absolute Gasteiger partial charge is 0.462 e. The van der Waals surface area contributed by atoms with Gasteiger partial charge in [0.15, 0.2) is 5.83 Å². The molecule has 0 heterocycles. The summed E-state index contributed by atoms with van der Waals surface area (Å²) >= 11 is 0. The van der Waals surface area contributed by atoms with Gasteiger partial charge in [0, 0.05) is 0 Å². The molecular weight excluding hydrogens is 329 g/mol. The second-order valence-electron chi connectivity index (χ2n) is 8.17. The molecular formula is C22H34FNO2. The number of carbonyl (C=O) groups excluding carboxylic acids is 1. The van der Waals surface area contributed by atoms with Crippen LogP contribution in [0.1, 0.15) is 90.4 Å². The monoisotopic (exact) mass is 363 g/mol. The Morgan fingerprint density at radius 1 is 1.08 bits per heavy atom. The molecule has 2 fully saturated rings. The van der Waals surface area contributed by atoms with Crippen molar-refractivity contribution in [3.63, 3.8) is 0 Å². The summed E-state index contributed by atoms with van der Waals surface area (Å²) < 4.78 is 18.8. The Labute approximate surface area is 158 Å². The van der Waals surface area contributed by atoms with Crippen LogP contribution in [0.5, 0.6) is 0 Å². The van der Waals surface area contributed by atoms with Crippen molar-refractivity contribution in [2.45, 2.75) is 96.5 Å². The van der Waals surface area contributed by atoms with Gasteiger partial charge in [0.05, 0.1) is 5.92 Å². The van der Waals surface area contributed by atoms with Crippen LogP contribution in [-0.2, 0) is 9.53 Å². The summed E-state index contributed by atoms with van der Waals surface area (Å²) in [6.45, 7) is 2.24. The number of ether oxygens (including phenoxy) is 1. The maximum absolute atomic E-state index is 13.0. The first kappa shape index (κ1) is 20.9. The normalized spacial score (nSPS) is 29.8. The van der Waals surface area contributed by atoms with Gasteiger partial charge in [-0.15, -0.1) is 0 Å². The highest BCUT2D eigenvalue weighted by molar-refractivity contribution is 5.72. The van der Waals surface area contributed by atoms with E-state index in [0.29, 0.717) is 0 Å². The first-order chi connectivity index (χ1) is 12.6. The number of nitrogens with zero attached hydrogens (tertiary/aromatic N) is 1. The van der Waals surface area contributed by atoms with Gasteiger partial charge in [-0.2, -0.15) is 9.65 Å². The average molecular weight is 364 g/mol. The van der Waals surface area contributed by atoms with Crippen LogP contribution in [0, 0.1) is 29.1 Å². The molecule has 2 rings (SSSR count). The van der Waals surface area contributed by atoms with Crippen molar-refractivity contribution in [3.05, 3.63) is 11.9 Å². The van der Waals surface area contributed by atoms with Gasteiger partial charge in [0.1, 0.15) is 12.2 Å². The van der Waals surface area contributed by atoms with Crippen LogP contribution in [-0.4, -0.2) is 12.1 Å². The second kappa shape index (κ2) is 11.4. The van der Waals surface area contributed by atoms with E-state index in [1.54, 1.807) is 0 Å². The highest BCUT2D eigenvalue weighted by Gasteiger charge is 2.30. The smallest absolute Gasteiger partial charge is 0.309 e. The number of hydrogen-bond acceptors (Lipinski definition) is 3. The Bertz CT molecular complexity index is 495. The summed E-state index contributed by atoms with van der Waals surface area (Å²) in [6, 6.07) is 1.53. The zero-order chi connectivity index (χ0) is 18.8. The van der Waals surface area contributed by atoms with Gasteiger partial charge in [-0.05, 0) is 69.3 Å². The van der Waals surface area contributed by atoms with Crippen molar-refractivity contribution in [3.8, 4) is 6.07 Å². The van der Waals surface area contributed by atoms with E-state index >= 15 is 0 Å². The summed E-state index contributed by atoms with van der Waals surface area (Å²) in [5, 5.41) is 8.51. The molecule has 0 bridgehead atoms. The minimum Gasteiger partial charge on any atom is -0.462 e. The molecule has 0 saturated heterocycles. The number of halogens is 1. The third kappa shape index (κ3) is 7.09. The summed E-state index contributed by atoms with van der Waals surface area (Å²) in [7, 11) is 0. The summed E-state index contributed by atoms with van der Waals surface area (Å²) in [5.74, 6) is 0.269. The van der Waals surface area contributed by atoms with Gasteiger partial charge in [0.25, 0.3) is 0 Å². The average Bonchev–Trinajstić information content (AvgIpc) is 2.67. The maximum Gasteiger partial charge on any atom is 0.309 e. The standard InChI is InChI=1S/C22H34FNO2/c1-2-3-4-5-6-17-7-11-19(12-8-17)22(25)26-21-13-9-18(10-14-21)15-20(23)16-24/h15,17-19,21H,2-14H2,1H3/b20-15+. The van der Waals surface area contributed by atoms with Gasteiger partial charge in [-0.3, -0.25) is 4.79 Å². The number of hydrogen-bond donors (Lipinski definition) is 0. The Kier molecular flexibility index (Phi) is 9.15. The number of unbranched alkanes of at least 4 members (excludes halogenated alkanes) is 3. The molecule has 0 amide bonds. The molecule has 2 aliphatic carbocycles. The number of allylic oxidation sites excluding steroid dienone is 2. The lowest BCUT2D eigenvalue weighted by atomic mass is 9.79. The molecule has 0 aromatic heterocycles. The summed E-state index contributed by atoms with van der Waals surface area (Å²) in [5.41, 5.74) is 0. The minimum absolute atomic E-state index is 0.0170. The van der Waals surface area contributed by atoms with E-state index in [2.05, 4.69) is 6.92 Å². The number of carbonyl (C=O) groups is 1. The van der Waals surface area contributed by atoms with Crippen molar-refractivity contribution in [2.24, 2.45) is 17.8 Å². The molecule has 146 valence electrons. The predicted octanol–water partition coefficient (Wildman–Crippen LogP) is 6.24. The fourth-order valence-corrected chi connectivity index (χ4v) is 4.42. The third-order valence-corrected chi connectivity index (χ3v) is 6.14. The van der Waals surface area contributed by atoms with Crippen molar-refractivity contribution in [1.82, 2.24) is 0 Å². The molecule has 0 N–H and O–H groups in total. The van der Waals surface area contributed by atoms with Crippen LogP contribution in [0.4, 0.5) is 4.39 Å². The predicted molar refractivity (Wildman–Crippen MR) is 101 cm³/mol. The fourth-order valence-electron chi connectivity index (χ4n) is 4.42. The lowest BCUT2D eigenvalue weighted by Crippen LogP contribution is -2.30. The van der Waals surface area contributed by atoms with Gasteiger partial charge in [0.2, 0.25) is 0 Å². The van der Waals surface area contributed by atoms with Crippen molar-refractivity contribution < 1.29 is 13.9 Å². The molecule has 0 unspecified atom stereocenters. The molecule has 0 aliphatic heterocycles. The first-order valence-corrected chi connectivity index (χ1v) is 10.6. The van der Waals surface area contributed by atoms with Gasteiger partial charge in [-0.1, -0.05) is 39.0 Å². The van der Waals surface area contributed by atoms with Crippen LogP contribution in [0.25, 0.3) is 0 Å². The van der Waals surface area contributed by atoms with Crippen LogP contribution < -0.4 is 0 Å². The Morgan fingerprint density at radius 3 is 2.38 bits per heavy atom. The molecule has 26 heavy (non-hydrogen) atoms. The van der Waals surface area contributed by atoms with E-state index in [4.69, 9.17) is 10.00 Å². The molecule has 3 nitrogen and oxygen atoms in total. The van der Waals surface area contributed by atoms with Crippen LogP contribution in [0.15, 0.2) is 11.9 Å². The lowest BCUT2D eigenvalue weighted by molar-refractivity contribution is -0.157. The van der Waals surface area contributed by atoms with E-state index in [1.807, 2.05) is 0 Å².